The first-order valence-electron chi connectivity index (χ1n) is 14.0. The van der Waals surface area contributed by atoms with Crippen molar-refractivity contribution in [2.75, 3.05) is 6.61 Å². The highest BCUT2D eigenvalue weighted by molar-refractivity contribution is 5.35. The molecule has 2 aromatic rings. The minimum Gasteiger partial charge on any atom is -0.490 e. The van der Waals surface area contributed by atoms with E-state index in [1.807, 2.05) is 0 Å². The topological polar surface area (TPSA) is 9.23 Å². The van der Waals surface area contributed by atoms with Crippen LogP contribution in [0.2, 0.25) is 0 Å². The number of rotatable bonds is 9. The zero-order valence-corrected chi connectivity index (χ0v) is 21.7. The third-order valence-electron chi connectivity index (χ3n) is 8.54. The molecule has 5 heteroatoms. The molecule has 4 rings (SSSR count). The van der Waals surface area contributed by atoms with E-state index in [1.54, 1.807) is 18.2 Å². The van der Waals surface area contributed by atoms with Crippen molar-refractivity contribution in [2.24, 2.45) is 5.92 Å². The largest absolute Gasteiger partial charge is 0.490 e. The highest BCUT2D eigenvalue weighted by atomic mass is 19.2. The first kappa shape index (κ1) is 27.0. The second kappa shape index (κ2) is 12.5. The molecular formula is C31H40F4O. The summed E-state index contributed by atoms with van der Waals surface area (Å²) < 4.78 is 65.2. The number of unbranched alkanes of at least 4 members (excludes halogenated alkanes) is 3. The molecule has 2 saturated carbocycles. The summed E-state index contributed by atoms with van der Waals surface area (Å²) >= 11 is 0. The van der Waals surface area contributed by atoms with E-state index < -0.39 is 23.3 Å². The second-order valence-corrected chi connectivity index (χ2v) is 11.1. The number of benzene rings is 2. The van der Waals surface area contributed by atoms with Gasteiger partial charge in [-0.3, -0.25) is 0 Å². The van der Waals surface area contributed by atoms with Crippen LogP contribution in [0, 0.1) is 29.2 Å². The van der Waals surface area contributed by atoms with E-state index in [2.05, 4.69) is 13.8 Å². The van der Waals surface area contributed by atoms with E-state index in [1.165, 1.54) is 6.07 Å². The third-order valence-corrected chi connectivity index (χ3v) is 8.54. The minimum atomic E-state index is -0.925. The van der Waals surface area contributed by atoms with E-state index in [0.717, 1.165) is 51.4 Å². The number of hydrogen-bond acceptors (Lipinski definition) is 1. The van der Waals surface area contributed by atoms with Gasteiger partial charge in [-0.25, -0.2) is 13.2 Å². The van der Waals surface area contributed by atoms with Crippen LogP contribution in [0.1, 0.15) is 125 Å². The molecule has 2 aromatic carbocycles. The molecule has 0 aromatic heterocycles. The first-order valence-corrected chi connectivity index (χ1v) is 14.0. The van der Waals surface area contributed by atoms with Gasteiger partial charge in [-0.1, -0.05) is 64.2 Å². The minimum absolute atomic E-state index is 0.0357. The molecule has 0 radical (unpaired) electrons. The highest BCUT2D eigenvalue weighted by Crippen LogP contribution is 2.44. The van der Waals surface area contributed by atoms with Crippen LogP contribution in [0.3, 0.4) is 0 Å². The SMILES string of the molecule is CCCCCCOc1ccc(C2CCC(c3ccc(C4CCC(C)CC4)c(F)c3F)CC2)c(F)c1F. The quantitative estimate of drug-likeness (QED) is 0.244. The van der Waals surface area contributed by atoms with E-state index in [0.29, 0.717) is 54.9 Å². The molecule has 0 spiro atoms. The molecule has 0 unspecified atom stereocenters. The fourth-order valence-corrected chi connectivity index (χ4v) is 6.18. The average Bonchev–Trinajstić information content (AvgIpc) is 2.89. The maximum atomic E-state index is 15.1. The molecule has 0 bridgehead atoms. The van der Waals surface area contributed by atoms with Crippen molar-refractivity contribution in [3.63, 3.8) is 0 Å². The summed E-state index contributed by atoms with van der Waals surface area (Å²) in [6, 6.07) is 6.71. The zero-order chi connectivity index (χ0) is 25.7. The van der Waals surface area contributed by atoms with Crippen LogP contribution in [0.25, 0.3) is 0 Å². The van der Waals surface area contributed by atoms with E-state index in [4.69, 9.17) is 4.74 Å². The molecule has 2 aliphatic carbocycles. The smallest absolute Gasteiger partial charge is 0.200 e. The van der Waals surface area contributed by atoms with Crippen LogP contribution in [0.5, 0.6) is 5.75 Å². The van der Waals surface area contributed by atoms with Gasteiger partial charge in [0, 0.05) is 0 Å². The van der Waals surface area contributed by atoms with Crippen molar-refractivity contribution in [2.45, 2.75) is 109 Å². The van der Waals surface area contributed by atoms with Gasteiger partial charge >= 0.3 is 0 Å². The van der Waals surface area contributed by atoms with Crippen molar-refractivity contribution in [1.29, 1.82) is 0 Å². The standard InChI is InChI=1S/C31H40F4O/c1-3-4-5-6-19-36-27-18-17-26(30(34)31(27)35)23-13-11-22(12-14-23)25-16-15-24(28(32)29(25)33)21-9-7-20(2)8-10-21/h15-18,20-23H,3-14,19H2,1-2H3. The van der Waals surface area contributed by atoms with Gasteiger partial charge < -0.3 is 4.74 Å². The van der Waals surface area contributed by atoms with Crippen LogP contribution < -0.4 is 4.74 Å². The van der Waals surface area contributed by atoms with E-state index >= 15 is 8.78 Å². The second-order valence-electron chi connectivity index (χ2n) is 11.1. The van der Waals surface area contributed by atoms with Gasteiger partial charge in [-0.15, -0.1) is 0 Å². The van der Waals surface area contributed by atoms with Gasteiger partial charge in [0.2, 0.25) is 5.82 Å². The van der Waals surface area contributed by atoms with Crippen LogP contribution >= 0.6 is 0 Å². The van der Waals surface area contributed by atoms with Crippen LogP contribution in [-0.4, -0.2) is 6.61 Å². The van der Waals surface area contributed by atoms with Crippen LogP contribution in [0.4, 0.5) is 17.6 Å². The molecule has 0 saturated heterocycles. The lowest BCUT2D eigenvalue weighted by Crippen LogP contribution is -2.17. The Morgan fingerprint density at radius 2 is 1.06 bits per heavy atom. The summed E-state index contributed by atoms with van der Waals surface area (Å²) in [5.41, 5.74) is 1.30. The van der Waals surface area contributed by atoms with Crippen molar-refractivity contribution < 1.29 is 22.3 Å². The van der Waals surface area contributed by atoms with Crippen molar-refractivity contribution in [1.82, 2.24) is 0 Å². The number of ether oxygens (including phenoxy) is 1. The van der Waals surface area contributed by atoms with Gasteiger partial charge in [0.15, 0.2) is 23.2 Å². The monoisotopic (exact) mass is 504 g/mol. The number of halogens is 4. The molecule has 2 fully saturated rings. The van der Waals surface area contributed by atoms with Crippen LogP contribution in [-0.2, 0) is 0 Å². The lowest BCUT2D eigenvalue weighted by Gasteiger charge is -2.31. The molecular weight excluding hydrogens is 464 g/mol. The summed E-state index contributed by atoms with van der Waals surface area (Å²) in [4.78, 5) is 0. The molecule has 198 valence electrons. The summed E-state index contributed by atoms with van der Waals surface area (Å²) in [5, 5.41) is 0. The van der Waals surface area contributed by atoms with Crippen LogP contribution in [0.15, 0.2) is 24.3 Å². The molecule has 36 heavy (non-hydrogen) atoms. The fraction of sp³-hybridized carbons (Fsp3) is 0.613. The van der Waals surface area contributed by atoms with Crippen molar-refractivity contribution in [3.8, 4) is 5.75 Å². The van der Waals surface area contributed by atoms with E-state index in [-0.39, 0.29) is 23.5 Å². The molecule has 0 aliphatic heterocycles. The maximum absolute atomic E-state index is 15.1. The Balaban J connectivity index is 1.37. The summed E-state index contributed by atoms with van der Waals surface area (Å²) in [5.74, 6) is -2.69. The normalized spacial score (nSPS) is 24.6. The summed E-state index contributed by atoms with van der Waals surface area (Å²) in [7, 11) is 0. The number of hydrogen-bond donors (Lipinski definition) is 0. The Kier molecular flexibility index (Phi) is 9.35. The Morgan fingerprint density at radius 3 is 1.56 bits per heavy atom. The Morgan fingerprint density at radius 1 is 0.611 bits per heavy atom. The highest BCUT2D eigenvalue weighted by Gasteiger charge is 2.31. The lowest BCUT2D eigenvalue weighted by molar-refractivity contribution is 0.283. The molecule has 0 amide bonds. The predicted molar refractivity (Wildman–Crippen MR) is 137 cm³/mol. The molecule has 2 aliphatic rings. The lowest BCUT2D eigenvalue weighted by atomic mass is 9.75. The van der Waals surface area contributed by atoms with Gasteiger partial charge in [-0.05, 0) is 91.4 Å². The van der Waals surface area contributed by atoms with Crippen molar-refractivity contribution in [3.05, 3.63) is 64.2 Å². The molecule has 0 atom stereocenters. The summed E-state index contributed by atoms with van der Waals surface area (Å²) in [6.45, 7) is 4.71. The molecule has 0 heterocycles. The van der Waals surface area contributed by atoms with Gasteiger partial charge in [0.25, 0.3) is 0 Å². The Hall–Kier alpha value is -2.04. The first-order chi connectivity index (χ1) is 17.4. The van der Waals surface area contributed by atoms with Gasteiger partial charge in [0.05, 0.1) is 6.61 Å². The van der Waals surface area contributed by atoms with E-state index in [9.17, 15) is 8.78 Å². The summed E-state index contributed by atoms with van der Waals surface area (Å²) in [6.07, 6.45) is 10.4. The Bertz CT molecular complexity index is 1000. The predicted octanol–water partition coefficient (Wildman–Crippen LogP) is 9.94. The average molecular weight is 505 g/mol. The van der Waals surface area contributed by atoms with Gasteiger partial charge in [-0.2, -0.15) is 4.39 Å². The maximum Gasteiger partial charge on any atom is 0.200 e. The fourth-order valence-electron chi connectivity index (χ4n) is 6.18. The Labute approximate surface area is 213 Å². The molecule has 1 nitrogen and oxygen atoms in total. The third kappa shape index (κ3) is 6.08. The van der Waals surface area contributed by atoms with Crippen molar-refractivity contribution >= 4 is 0 Å². The van der Waals surface area contributed by atoms with Gasteiger partial charge in [0.1, 0.15) is 0 Å². The zero-order valence-electron chi connectivity index (χ0n) is 21.7. The molecule has 0 N–H and O–H groups in total.